The van der Waals surface area contributed by atoms with Gasteiger partial charge in [-0.3, -0.25) is 9.59 Å². The SMILES string of the molecule is O=C(O)Cc1cccc(Oc2nnc(S(=O)(=O)Cc3ccc(C(=O)NCc4ccccc4)cc3)s2)c1. The normalized spacial score (nSPS) is 11.1. The predicted molar refractivity (Wildman–Crippen MR) is 133 cm³/mol. The van der Waals surface area contributed by atoms with Gasteiger partial charge < -0.3 is 15.2 Å². The molecule has 1 heterocycles. The van der Waals surface area contributed by atoms with Crippen molar-refractivity contribution in [3.63, 3.8) is 0 Å². The number of carboxylic acid groups (broad SMARTS) is 1. The summed E-state index contributed by atoms with van der Waals surface area (Å²) in [5.74, 6) is -1.22. The van der Waals surface area contributed by atoms with Crippen LogP contribution in [-0.4, -0.2) is 35.6 Å². The lowest BCUT2D eigenvalue weighted by Gasteiger charge is -2.06. The monoisotopic (exact) mass is 523 g/mol. The molecular weight excluding hydrogens is 502 g/mol. The molecule has 1 aromatic heterocycles. The molecule has 0 aliphatic heterocycles. The van der Waals surface area contributed by atoms with Crippen LogP contribution in [0.4, 0.5) is 0 Å². The maximum absolute atomic E-state index is 12.8. The fourth-order valence-corrected chi connectivity index (χ4v) is 5.54. The highest BCUT2D eigenvalue weighted by molar-refractivity contribution is 7.92. The van der Waals surface area contributed by atoms with Crippen LogP contribution in [0.25, 0.3) is 0 Å². The van der Waals surface area contributed by atoms with Gasteiger partial charge in [0.15, 0.2) is 0 Å². The van der Waals surface area contributed by atoms with Crippen LogP contribution in [0.1, 0.15) is 27.0 Å². The molecule has 0 fully saturated rings. The van der Waals surface area contributed by atoms with Gasteiger partial charge in [0.25, 0.3) is 5.91 Å². The first kappa shape index (κ1) is 25.0. The number of ether oxygens (including phenoxy) is 1. The highest BCUT2D eigenvalue weighted by Crippen LogP contribution is 2.29. The first-order valence-electron chi connectivity index (χ1n) is 10.7. The number of nitrogens with zero attached hydrogens (tertiary/aromatic N) is 2. The van der Waals surface area contributed by atoms with Crippen LogP contribution in [-0.2, 0) is 33.4 Å². The van der Waals surface area contributed by atoms with Crippen molar-refractivity contribution in [1.82, 2.24) is 15.5 Å². The van der Waals surface area contributed by atoms with Gasteiger partial charge in [0.05, 0.1) is 12.2 Å². The Morgan fingerprint density at radius 2 is 1.61 bits per heavy atom. The van der Waals surface area contributed by atoms with E-state index in [1.165, 1.54) is 0 Å². The third-order valence-electron chi connectivity index (χ3n) is 4.98. The number of carbonyl (C=O) groups is 2. The van der Waals surface area contributed by atoms with E-state index >= 15 is 0 Å². The van der Waals surface area contributed by atoms with Gasteiger partial charge in [-0.25, -0.2) is 8.42 Å². The summed E-state index contributed by atoms with van der Waals surface area (Å²) >= 11 is 0.773. The minimum absolute atomic E-state index is 0.0199. The predicted octanol–water partition coefficient (Wildman–Crippen LogP) is 3.86. The number of hydrogen-bond acceptors (Lipinski definition) is 8. The van der Waals surface area contributed by atoms with Crippen LogP contribution in [0.5, 0.6) is 10.9 Å². The third-order valence-corrected chi connectivity index (χ3v) is 7.92. The van der Waals surface area contributed by atoms with E-state index in [0.29, 0.717) is 29.0 Å². The zero-order valence-electron chi connectivity index (χ0n) is 18.8. The van der Waals surface area contributed by atoms with E-state index in [1.807, 2.05) is 30.3 Å². The Morgan fingerprint density at radius 3 is 2.33 bits per heavy atom. The Hall–Kier alpha value is -4.09. The minimum Gasteiger partial charge on any atom is -0.481 e. The molecule has 0 unspecified atom stereocenters. The zero-order chi connectivity index (χ0) is 25.5. The Kier molecular flexibility index (Phi) is 7.71. The van der Waals surface area contributed by atoms with Gasteiger partial charge >= 0.3 is 11.2 Å². The van der Waals surface area contributed by atoms with Gasteiger partial charge in [-0.1, -0.05) is 59.7 Å². The topological polar surface area (TPSA) is 136 Å². The molecule has 2 N–H and O–H groups in total. The molecule has 0 bridgehead atoms. The average molecular weight is 524 g/mol. The van der Waals surface area contributed by atoms with E-state index in [4.69, 9.17) is 9.84 Å². The van der Waals surface area contributed by atoms with E-state index in [9.17, 15) is 18.0 Å². The number of hydrogen-bond donors (Lipinski definition) is 2. The largest absolute Gasteiger partial charge is 0.481 e. The maximum atomic E-state index is 12.8. The molecule has 0 aliphatic rings. The number of aliphatic carboxylic acids is 1. The summed E-state index contributed by atoms with van der Waals surface area (Å²) in [5.41, 5.74) is 2.42. The number of sulfone groups is 1. The van der Waals surface area contributed by atoms with E-state index in [2.05, 4.69) is 15.5 Å². The lowest BCUT2D eigenvalue weighted by molar-refractivity contribution is -0.136. The standard InChI is InChI=1S/C25H21N3O6S2/c29-22(30)14-19-7-4-8-21(13-19)34-24-27-28-25(35-24)36(32,33)16-18-9-11-20(12-10-18)23(31)26-15-17-5-2-1-3-6-17/h1-13H,14-16H2,(H,26,31)(H,29,30). The second-order valence-electron chi connectivity index (χ2n) is 7.78. The second-order valence-corrected chi connectivity index (χ2v) is 10.9. The van der Waals surface area contributed by atoms with Gasteiger partial charge in [0, 0.05) is 12.1 Å². The summed E-state index contributed by atoms with van der Waals surface area (Å²) in [6, 6.07) is 22.3. The number of amides is 1. The van der Waals surface area contributed by atoms with Crippen LogP contribution in [0, 0.1) is 0 Å². The Balaban J connectivity index is 1.37. The Bertz CT molecular complexity index is 1470. The molecule has 11 heteroatoms. The van der Waals surface area contributed by atoms with Gasteiger partial charge in [0.1, 0.15) is 5.75 Å². The van der Waals surface area contributed by atoms with Gasteiger partial charge in [-0.05, 0) is 52.3 Å². The zero-order valence-corrected chi connectivity index (χ0v) is 20.5. The summed E-state index contributed by atoms with van der Waals surface area (Å²) < 4.78 is 31.0. The Labute approximate surface area is 211 Å². The molecule has 0 spiro atoms. The summed E-state index contributed by atoms with van der Waals surface area (Å²) in [6.07, 6.45) is -0.166. The van der Waals surface area contributed by atoms with Crippen LogP contribution in [0.15, 0.2) is 83.2 Å². The molecule has 36 heavy (non-hydrogen) atoms. The number of aromatic nitrogens is 2. The maximum Gasteiger partial charge on any atom is 0.307 e. The van der Waals surface area contributed by atoms with Gasteiger partial charge in [-0.2, -0.15) is 0 Å². The molecule has 0 saturated carbocycles. The smallest absolute Gasteiger partial charge is 0.307 e. The van der Waals surface area contributed by atoms with Crippen molar-refractivity contribution in [2.45, 2.75) is 23.1 Å². The van der Waals surface area contributed by atoms with Gasteiger partial charge in [-0.15, -0.1) is 5.10 Å². The summed E-state index contributed by atoms with van der Waals surface area (Å²) in [5, 5.41) is 19.3. The number of carbonyl (C=O) groups excluding carboxylic acids is 1. The van der Waals surface area contributed by atoms with Crippen molar-refractivity contribution >= 4 is 33.1 Å². The first-order chi connectivity index (χ1) is 17.3. The highest BCUT2D eigenvalue weighted by Gasteiger charge is 2.22. The Morgan fingerprint density at radius 1 is 0.889 bits per heavy atom. The molecule has 0 atom stereocenters. The fraction of sp³-hybridized carbons (Fsp3) is 0.120. The average Bonchev–Trinajstić information content (AvgIpc) is 3.33. The van der Waals surface area contributed by atoms with E-state index in [0.717, 1.165) is 16.9 Å². The van der Waals surface area contributed by atoms with Crippen LogP contribution < -0.4 is 10.1 Å². The molecule has 4 aromatic rings. The van der Waals surface area contributed by atoms with Crippen molar-refractivity contribution in [3.05, 3.63) is 101 Å². The summed E-state index contributed by atoms with van der Waals surface area (Å²) in [7, 11) is -3.80. The van der Waals surface area contributed by atoms with Gasteiger partial charge in [0.2, 0.25) is 14.2 Å². The molecule has 1 amide bonds. The lowest BCUT2D eigenvalue weighted by Crippen LogP contribution is -2.22. The molecular formula is C25H21N3O6S2. The van der Waals surface area contributed by atoms with Crippen molar-refractivity contribution in [2.24, 2.45) is 0 Å². The minimum atomic E-state index is -3.80. The molecule has 9 nitrogen and oxygen atoms in total. The molecule has 3 aromatic carbocycles. The van der Waals surface area contributed by atoms with E-state index in [-0.39, 0.29) is 27.6 Å². The second kappa shape index (κ2) is 11.1. The fourth-order valence-electron chi connectivity index (χ4n) is 3.27. The number of rotatable bonds is 10. The van der Waals surface area contributed by atoms with Crippen molar-refractivity contribution in [1.29, 1.82) is 0 Å². The van der Waals surface area contributed by atoms with Crippen LogP contribution >= 0.6 is 11.3 Å². The molecule has 4 rings (SSSR count). The summed E-state index contributed by atoms with van der Waals surface area (Å²) in [6.45, 7) is 0.390. The van der Waals surface area contributed by atoms with Crippen molar-refractivity contribution < 1.29 is 27.9 Å². The van der Waals surface area contributed by atoms with E-state index in [1.54, 1.807) is 48.5 Å². The van der Waals surface area contributed by atoms with E-state index < -0.39 is 15.8 Å². The third kappa shape index (κ3) is 6.74. The van der Waals surface area contributed by atoms with Crippen LogP contribution in [0.3, 0.4) is 0 Å². The van der Waals surface area contributed by atoms with Crippen molar-refractivity contribution in [2.75, 3.05) is 0 Å². The lowest BCUT2D eigenvalue weighted by atomic mass is 10.1. The number of benzene rings is 3. The molecule has 0 radical (unpaired) electrons. The highest BCUT2D eigenvalue weighted by atomic mass is 32.2. The molecule has 184 valence electrons. The number of nitrogens with one attached hydrogen (secondary N) is 1. The van der Waals surface area contributed by atoms with Crippen LogP contribution in [0.2, 0.25) is 0 Å². The summed E-state index contributed by atoms with van der Waals surface area (Å²) in [4.78, 5) is 23.3. The first-order valence-corrected chi connectivity index (χ1v) is 13.2. The van der Waals surface area contributed by atoms with Crippen molar-refractivity contribution in [3.8, 4) is 10.9 Å². The quantitative estimate of drug-likeness (QED) is 0.320. The number of carboxylic acids is 1. The molecule has 0 aliphatic carbocycles. The molecule has 0 saturated heterocycles.